The molecule has 6 aromatic rings. The third kappa shape index (κ3) is 5.25. The molecule has 0 saturated heterocycles. The summed E-state index contributed by atoms with van der Waals surface area (Å²) in [6.45, 7) is 0. The van der Waals surface area contributed by atoms with Crippen molar-refractivity contribution in [2.24, 2.45) is 0 Å². The first-order chi connectivity index (χ1) is 19.4. The minimum absolute atomic E-state index is 0.157. The Morgan fingerprint density at radius 1 is 0.925 bits per heavy atom. The smallest absolute Gasteiger partial charge is 0.252 e. The monoisotopic (exact) mass is 537 g/mol. The van der Waals surface area contributed by atoms with E-state index in [0.717, 1.165) is 29.0 Å². The lowest BCUT2D eigenvalue weighted by molar-refractivity contribution is -0.118. The van der Waals surface area contributed by atoms with Crippen LogP contribution in [-0.2, 0) is 11.2 Å². The van der Waals surface area contributed by atoms with E-state index in [1.54, 1.807) is 24.4 Å². The second-order valence-electron chi connectivity index (χ2n) is 9.17. The van der Waals surface area contributed by atoms with Gasteiger partial charge in [-0.25, -0.2) is 18.7 Å². The third-order valence-corrected chi connectivity index (χ3v) is 6.34. The van der Waals surface area contributed by atoms with Crippen LogP contribution in [0.3, 0.4) is 0 Å². The summed E-state index contributed by atoms with van der Waals surface area (Å²) in [5.74, 6) is -2.03. The van der Waals surface area contributed by atoms with Gasteiger partial charge in [0, 0.05) is 42.0 Å². The van der Waals surface area contributed by atoms with Crippen LogP contribution in [0, 0.1) is 11.6 Å². The highest BCUT2D eigenvalue weighted by Gasteiger charge is 2.24. The fraction of sp³-hybridized carbons (Fsp3) is 0.0690. The van der Waals surface area contributed by atoms with E-state index in [4.69, 9.17) is 0 Å². The van der Waals surface area contributed by atoms with Crippen LogP contribution < -0.4 is 10.6 Å². The molecule has 0 aliphatic carbocycles. The highest BCUT2D eigenvalue weighted by atomic mass is 19.1. The van der Waals surface area contributed by atoms with Crippen molar-refractivity contribution >= 4 is 39.6 Å². The molecule has 1 atom stereocenters. The van der Waals surface area contributed by atoms with Gasteiger partial charge in [0.05, 0.1) is 11.0 Å². The van der Waals surface area contributed by atoms with Gasteiger partial charge >= 0.3 is 0 Å². The zero-order valence-corrected chi connectivity index (χ0v) is 20.8. The van der Waals surface area contributed by atoms with E-state index >= 15 is 0 Å². The van der Waals surface area contributed by atoms with Crippen LogP contribution in [0.2, 0.25) is 0 Å². The van der Waals surface area contributed by atoms with Crippen LogP contribution in [-0.4, -0.2) is 42.8 Å². The maximum absolute atomic E-state index is 13.8. The number of anilines is 1. The van der Waals surface area contributed by atoms with Gasteiger partial charge in [-0.2, -0.15) is 0 Å². The highest BCUT2D eigenvalue weighted by Crippen LogP contribution is 2.23. The molecule has 40 heavy (non-hydrogen) atoms. The molecule has 3 aromatic heterocycles. The zero-order valence-electron chi connectivity index (χ0n) is 20.8. The Labute approximate surface area is 225 Å². The Morgan fingerprint density at radius 3 is 2.50 bits per heavy atom. The summed E-state index contributed by atoms with van der Waals surface area (Å²) in [5, 5.41) is 7.25. The molecule has 0 saturated carbocycles. The van der Waals surface area contributed by atoms with Crippen LogP contribution in [0.15, 0.2) is 85.3 Å². The average molecular weight is 538 g/mol. The Morgan fingerprint density at radius 2 is 1.73 bits per heavy atom. The molecule has 6 rings (SSSR count). The Kier molecular flexibility index (Phi) is 6.44. The minimum atomic E-state index is -1.16. The molecule has 0 unspecified atom stereocenters. The third-order valence-electron chi connectivity index (χ3n) is 6.34. The van der Waals surface area contributed by atoms with Crippen molar-refractivity contribution in [3.63, 3.8) is 0 Å². The van der Waals surface area contributed by atoms with Crippen molar-refractivity contribution < 1.29 is 18.4 Å². The first kappa shape index (κ1) is 24.9. The summed E-state index contributed by atoms with van der Waals surface area (Å²) in [4.78, 5) is 45.3. The van der Waals surface area contributed by atoms with Gasteiger partial charge in [-0.1, -0.05) is 24.3 Å². The number of carbonyl (C=O) groups is 2. The van der Waals surface area contributed by atoms with E-state index in [1.165, 1.54) is 12.4 Å². The summed E-state index contributed by atoms with van der Waals surface area (Å²) < 4.78 is 27.6. The number of nitrogens with one attached hydrogen (secondary N) is 4. The molecule has 0 aliphatic heterocycles. The Bertz CT molecular complexity index is 1850. The van der Waals surface area contributed by atoms with Gasteiger partial charge in [0.2, 0.25) is 11.9 Å². The maximum Gasteiger partial charge on any atom is 0.252 e. The number of hydrogen-bond acceptors (Lipinski definition) is 5. The summed E-state index contributed by atoms with van der Waals surface area (Å²) in [7, 11) is 0. The standard InChI is InChI=1S/C29H21F2N7O2/c30-20-9-16(10-21(31)14-20)11-25(28(40)38-29-32-7-8-33-29)37-27(39)18-5-6-22-23(13-18)36-26(35-22)24-12-17-3-1-2-4-19(17)15-34-24/h1-10,12-15,25H,11H2,(H,35,36)(H,37,39)(H2,32,33,38,40)/t25-/m0/s1. The van der Waals surface area contributed by atoms with Gasteiger partial charge in [0.1, 0.15) is 23.4 Å². The number of rotatable bonds is 7. The van der Waals surface area contributed by atoms with Gasteiger partial charge in [-0.05, 0) is 47.3 Å². The first-order valence-electron chi connectivity index (χ1n) is 12.3. The predicted molar refractivity (Wildman–Crippen MR) is 145 cm³/mol. The molecule has 9 nitrogen and oxygen atoms in total. The number of benzene rings is 3. The molecule has 4 N–H and O–H groups in total. The van der Waals surface area contributed by atoms with Crippen molar-refractivity contribution in [3.8, 4) is 11.5 Å². The maximum atomic E-state index is 13.8. The minimum Gasteiger partial charge on any atom is -0.340 e. The number of halogens is 2. The number of nitrogens with zero attached hydrogens (tertiary/aromatic N) is 3. The summed E-state index contributed by atoms with van der Waals surface area (Å²) in [5.41, 5.74) is 2.33. The first-order valence-corrected chi connectivity index (χ1v) is 12.3. The molecule has 0 fully saturated rings. The normalized spacial score (nSPS) is 11.9. The average Bonchev–Trinajstić information content (AvgIpc) is 3.61. The fourth-order valence-electron chi connectivity index (χ4n) is 4.43. The topological polar surface area (TPSA) is 128 Å². The van der Waals surface area contributed by atoms with E-state index < -0.39 is 29.5 Å². The summed E-state index contributed by atoms with van der Waals surface area (Å²) in [6.07, 6.45) is 4.59. The van der Waals surface area contributed by atoms with Gasteiger partial charge < -0.3 is 15.3 Å². The van der Waals surface area contributed by atoms with Gasteiger partial charge in [0.15, 0.2) is 5.82 Å². The van der Waals surface area contributed by atoms with E-state index in [1.807, 2.05) is 30.3 Å². The summed E-state index contributed by atoms with van der Waals surface area (Å²) in [6, 6.07) is 16.5. The molecular formula is C29H21F2N7O2. The van der Waals surface area contributed by atoms with E-state index in [0.29, 0.717) is 22.6 Å². The van der Waals surface area contributed by atoms with Crippen LogP contribution in [0.25, 0.3) is 33.3 Å². The number of amides is 2. The number of aromatic amines is 2. The fourth-order valence-corrected chi connectivity index (χ4v) is 4.43. The number of imidazole rings is 2. The van der Waals surface area contributed by atoms with Crippen LogP contribution >= 0.6 is 0 Å². The lowest BCUT2D eigenvalue weighted by Gasteiger charge is -2.18. The predicted octanol–water partition coefficient (Wildman–Crippen LogP) is 4.76. The van der Waals surface area contributed by atoms with Crippen molar-refractivity contribution in [2.75, 3.05) is 5.32 Å². The van der Waals surface area contributed by atoms with Gasteiger partial charge in [0.25, 0.3) is 5.91 Å². The Hall–Kier alpha value is -5.45. The number of pyridine rings is 1. The van der Waals surface area contributed by atoms with Gasteiger partial charge in [-0.15, -0.1) is 0 Å². The van der Waals surface area contributed by atoms with Crippen molar-refractivity contribution in [1.82, 2.24) is 30.2 Å². The van der Waals surface area contributed by atoms with Crippen molar-refractivity contribution in [2.45, 2.75) is 12.5 Å². The van der Waals surface area contributed by atoms with Gasteiger partial charge in [-0.3, -0.25) is 19.9 Å². The highest BCUT2D eigenvalue weighted by molar-refractivity contribution is 6.02. The summed E-state index contributed by atoms with van der Waals surface area (Å²) >= 11 is 0. The molecule has 0 spiro atoms. The van der Waals surface area contributed by atoms with Crippen molar-refractivity contribution in [1.29, 1.82) is 0 Å². The number of aromatic nitrogens is 5. The van der Waals surface area contributed by atoms with E-state index in [-0.39, 0.29) is 23.5 Å². The Balaban J connectivity index is 1.26. The second-order valence-corrected chi connectivity index (χ2v) is 9.17. The van der Waals surface area contributed by atoms with E-state index in [9.17, 15) is 18.4 Å². The molecule has 0 aliphatic rings. The largest absolute Gasteiger partial charge is 0.340 e. The van der Waals surface area contributed by atoms with E-state index in [2.05, 4.69) is 35.6 Å². The molecule has 0 radical (unpaired) electrons. The number of H-pyrrole nitrogens is 2. The number of carbonyl (C=O) groups excluding carboxylic acids is 2. The molecule has 0 bridgehead atoms. The molecule has 2 amide bonds. The molecule has 11 heteroatoms. The SMILES string of the molecule is O=C(N[C@@H](Cc1cc(F)cc(F)c1)C(=O)Nc1ncc[nH]1)c1ccc2[nH]c(-c3cc4ccccc4cn3)nc2c1. The number of fused-ring (bicyclic) bond motifs is 2. The lowest BCUT2D eigenvalue weighted by atomic mass is 10.0. The zero-order chi connectivity index (χ0) is 27.6. The molecular weight excluding hydrogens is 516 g/mol. The lowest BCUT2D eigenvalue weighted by Crippen LogP contribution is -2.45. The second kappa shape index (κ2) is 10.4. The van der Waals surface area contributed by atoms with Crippen molar-refractivity contribution in [3.05, 3.63) is 108 Å². The molecule has 3 heterocycles. The van der Waals surface area contributed by atoms with Crippen LogP contribution in [0.1, 0.15) is 15.9 Å². The number of hydrogen-bond donors (Lipinski definition) is 4. The quantitative estimate of drug-likeness (QED) is 0.234. The van der Waals surface area contributed by atoms with Crippen LogP contribution in [0.4, 0.5) is 14.7 Å². The van der Waals surface area contributed by atoms with Crippen LogP contribution in [0.5, 0.6) is 0 Å². The molecule has 198 valence electrons. The molecule has 3 aromatic carbocycles.